The normalized spacial score (nSPS) is 13.7. The van der Waals surface area contributed by atoms with Crippen molar-refractivity contribution in [2.75, 3.05) is 36.0 Å². The molecule has 1 aliphatic rings. The molecule has 1 aliphatic heterocycles. The summed E-state index contributed by atoms with van der Waals surface area (Å²) in [7, 11) is 0. The van der Waals surface area contributed by atoms with Crippen LogP contribution in [-0.4, -0.2) is 42.1 Å². The number of aromatic nitrogens is 2. The first kappa shape index (κ1) is 29.7. The number of benzene rings is 3. The van der Waals surface area contributed by atoms with Gasteiger partial charge in [0.15, 0.2) is 5.16 Å². The average Bonchev–Trinajstić information content (AvgIpc) is 2.99. The van der Waals surface area contributed by atoms with Gasteiger partial charge >= 0.3 is 6.18 Å². The number of carbonyl (C=O) groups excluding carboxylic acids is 1. The molecular formula is C30H26ClF4N5OS. The SMILES string of the molecule is O=C(NCc1ccc(F)cc1)c1ccc(CSc2nc(Cl)cc(N3CCN(c4cccc(C(F)(F)F)c4)CC3)n2)cc1. The molecule has 6 nitrogen and oxygen atoms in total. The lowest BCUT2D eigenvalue weighted by atomic mass is 10.1. The number of anilines is 2. The molecular weight excluding hydrogens is 590 g/mol. The van der Waals surface area contributed by atoms with Crippen LogP contribution in [0.15, 0.2) is 84.0 Å². The van der Waals surface area contributed by atoms with E-state index in [2.05, 4.69) is 15.3 Å². The van der Waals surface area contributed by atoms with E-state index in [1.165, 1.54) is 36.0 Å². The third kappa shape index (κ3) is 7.71. The Kier molecular flexibility index (Phi) is 9.18. The van der Waals surface area contributed by atoms with Gasteiger partial charge in [0, 0.05) is 55.8 Å². The first-order valence-electron chi connectivity index (χ1n) is 13.1. The summed E-state index contributed by atoms with van der Waals surface area (Å²) in [5.41, 5.74) is 2.16. The summed E-state index contributed by atoms with van der Waals surface area (Å²) in [5, 5.41) is 3.62. The maximum Gasteiger partial charge on any atom is 0.416 e. The molecule has 5 rings (SSSR count). The van der Waals surface area contributed by atoms with Crippen LogP contribution < -0.4 is 15.1 Å². The van der Waals surface area contributed by atoms with Crippen molar-refractivity contribution in [2.45, 2.75) is 23.6 Å². The molecule has 1 fully saturated rings. The molecule has 0 aliphatic carbocycles. The van der Waals surface area contributed by atoms with Gasteiger partial charge in [0.25, 0.3) is 5.91 Å². The molecule has 1 aromatic heterocycles. The maximum atomic E-state index is 13.1. The molecule has 0 atom stereocenters. The van der Waals surface area contributed by atoms with Crippen molar-refractivity contribution >= 4 is 40.8 Å². The first-order valence-corrected chi connectivity index (χ1v) is 14.5. The fourth-order valence-electron chi connectivity index (χ4n) is 4.47. The number of thioether (sulfide) groups is 1. The second kappa shape index (κ2) is 13.0. The molecule has 1 saturated heterocycles. The van der Waals surface area contributed by atoms with E-state index in [0.717, 1.165) is 17.2 Å². The molecule has 1 amide bonds. The van der Waals surface area contributed by atoms with Gasteiger partial charge in [-0.05, 0) is 53.6 Å². The largest absolute Gasteiger partial charge is 0.416 e. The topological polar surface area (TPSA) is 61.4 Å². The highest BCUT2D eigenvalue weighted by molar-refractivity contribution is 7.98. The summed E-state index contributed by atoms with van der Waals surface area (Å²) in [6, 6.07) is 20.2. The number of halogens is 5. The standard InChI is InChI=1S/C30H26ClF4N5OS/c31-26-17-27(40-14-12-39(13-15-40)25-3-1-2-23(16-25)30(33,34)35)38-29(37-26)42-19-21-4-8-22(9-5-21)28(41)36-18-20-6-10-24(32)11-7-20/h1-11,16-17H,12-15,18-19H2,(H,36,41). The van der Waals surface area contributed by atoms with Crippen LogP contribution in [0.5, 0.6) is 0 Å². The van der Waals surface area contributed by atoms with Gasteiger partial charge in [-0.3, -0.25) is 4.79 Å². The Labute approximate surface area is 249 Å². The Balaban J connectivity index is 1.14. The number of nitrogens with zero attached hydrogens (tertiary/aromatic N) is 4. The Hall–Kier alpha value is -3.83. The van der Waals surface area contributed by atoms with Gasteiger partial charge in [-0.1, -0.05) is 53.7 Å². The monoisotopic (exact) mass is 615 g/mol. The predicted octanol–water partition coefficient (Wildman–Crippen LogP) is 6.84. The summed E-state index contributed by atoms with van der Waals surface area (Å²) in [6.45, 7) is 2.51. The molecule has 0 spiro atoms. The Morgan fingerprint density at radius 1 is 0.881 bits per heavy atom. The van der Waals surface area contributed by atoms with Crippen LogP contribution in [-0.2, 0) is 18.5 Å². The molecule has 42 heavy (non-hydrogen) atoms. The van der Waals surface area contributed by atoms with Crippen LogP contribution in [0.4, 0.5) is 29.1 Å². The minimum absolute atomic E-state index is 0.227. The lowest BCUT2D eigenvalue weighted by Crippen LogP contribution is -2.47. The van der Waals surface area contributed by atoms with Crippen LogP contribution in [0, 0.1) is 5.82 Å². The zero-order valence-corrected chi connectivity index (χ0v) is 23.8. The van der Waals surface area contributed by atoms with Gasteiger partial charge in [-0.15, -0.1) is 0 Å². The zero-order chi connectivity index (χ0) is 29.7. The summed E-state index contributed by atoms with van der Waals surface area (Å²) in [6.07, 6.45) is -4.38. The number of hydrogen-bond acceptors (Lipinski definition) is 6. The van der Waals surface area contributed by atoms with Gasteiger partial charge in [-0.2, -0.15) is 13.2 Å². The first-order chi connectivity index (χ1) is 20.1. The fourth-order valence-corrected chi connectivity index (χ4v) is 5.51. The van der Waals surface area contributed by atoms with Gasteiger partial charge in [-0.25, -0.2) is 14.4 Å². The highest BCUT2D eigenvalue weighted by Gasteiger charge is 2.31. The second-order valence-electron chi connectivity index (χ2n) is 9.65. The number of piperazine rings is 1. The molecule has 0 bridgehead atoms. The van der Waals surface area contributed by atoms with E-state index in [1.54, 1.807) is 36.4 Å². The van der Waals surface area contributed by atoms with E-state index in [0.29, 0.717) is 65.9 Å². The van der Waals surface area contributed by atoms with Gasteiger partial charge in [0.1, 0.15) is 16.8 Å². The number of rotatable bonds is 8. The lowest BCUT2D eigenvalue weighted by molar-refractivity contribution is -0.137. The average molecular weight is 616 g/mol. The fraction of sp³-hybridized carbons (Fsp3) is 0.233. The summed E-state index contributed by atoms with van der Waals surface area (Å²) < 4.78 is 52.4. The van der Waals surface area contributed by atoms with Crippen LogP contribution in [0.25, 0.3) is 0 Å². The zero-order valence-electron chi connectivity index (χ0n) is 22.2. The van der Waals surface area contributed by atoms with Crippen molar-refractivity contribution in [3.05, 3.63) is 112 Å². The Morgan fingerprint density at radius 3 is 2.24 bits per heavy atom. The van der Waals surface area contributed by atoms with Crippen molar-refractivity contribution < 1.29 is 22.4 Å². The third-order valence-electron chi connectivity index (χ3n) is 6.75. The number of nitrogens with one attached hydrogen (secondary N) is 1. The van der Waals surface area contributed by atoms with E-state index in [1.807, 2.05) is 21.9 Å². The predicted molar refractivity (Wildman–Crippen MR) is 156 cm³/mol. The molecule has 3 aromatic carbocycles. The number of alkyl halides is 3. The third-order valence-corrected chi connectivity index (χ3v) is 7.87. The highest BCUT2D eigenvalue weighted by atomic mass is 35.5. The molecule has 0 saturated carbocycles. The van der Waals surface area contributed by atoms with E-state index in [9.17, 15) is 22.4 Å². The van der Waals surface area contributed by atoms with Crippen molar-refractivity contribution in [3.8, 4) is 0 Å². The van der Waals surface area contributed by atoms with Crippen LogP contribution in [0.3, 0.4) is 0 Å². The second-order valence-corrected chi connectivity index (χ2v) is 11.0. The van der Waals surface area contributed by atoms with Crippen LogP contribution >= 0.6 is 23.4 Å². The molecule has 0 radical (unpaired) electrons. The number of carbonyl (C=O) groups is 1. The van der Waals surface area contributed by atoms with Crippen LogP contribution in [0.2, 0.25) is 5.15 Å². The van der Waals surface area contributed by atoms with Gasteiger partial charge in [0.2, 0.25) is 0 Å². The molecule has 2 heterocycles. The maximum absolute atomic E-state index is 13.1. The van der Waals surface area contributed by atoms with E-state index in [-0.39, 0.29) is 11.7 Å². The molecule has 218 valence electrons. The summed E-state index contributed by atoms with van der Waals surface area (Å²) >= 11 is 7.71. The van der Waals surface area contributed by atoms with E-state index >= 15 is 0 Å². The molecule has 4 aromatic rings. The van der Waals surface area contributed by atoms with E-state index in [4.69, 9.17) is 11.6 Å². The van der Waals surface area contributed by atoms with Gasteiger partial charge < -0.3 is 15.1 Å². The van der Waals surface area contributed by atoms with E-state index < -0.39 is 11.7 Å². The molecule has 12 heteroatoms. The van der Waals surface area contributed by atoms with Crippen molar-refractivity contribution in [1.29, 1.82) is 0 Å². The molecule has 0 unspecified atom stereocenters. The lowest BCUT2D eigenvalue weighted by Gasteiger charge is -2.37. The molecule has 1 N–H and O–H groups in total. The van der Waals surface area contributed by atoms with Crippen molar-refractivity contribution in [3.63, 3.8) is 0 Å². The Bertz CT molecular complexity index is 1530. The smallest absolute Gasteiger partial charge is 0.368 e. The minimum Gasteiger partial charge on any atom is -0.368 e. The van der Waals surface area contributed by atoms with Crippen molar-refractivity contribution in [2.24, 2.45) is 0 Å². The number of hydrogen-bond donors (Lipinski definition) is 1. The quantitative estimate of drug-likeness (QED) is 0.101. The van der Waals surface area contributed by atoms with Crippen molar-refractivity contribution in [1.82, 2.24) is 15.3 Å². The highest BCUT2D eigenvalue weighted by Crippen LogP contribution is 2.32. The Morgan fingerprint density at radius 2 is 1.55 bits per heavy atom. The minimum atomic E-state index is -4.38. The number of amides is 1. The summed E-state index contributed by atoms with van der Waals surface area (Å²) in [5.74, 6) is 0.665. The van der Waals surface area contributed by atoms with Gasteiger partial charge in [0.05, 0.1) is 5.56 Å². The van der Waals surface area contributed by atoms with Crippen LogP contribution in [0.1, 0.15) is 27.0 Å². The summed E-state index contributed by atoms with van der Waals surface area (Å²) in [4.78, 5) is 25.4.